The van der Waals surface area contributed by atoms with E-state index in [9.17, 15) is 0 Å². The van der Waals surface area contributed by atoms with Crippen molar-refractivity contribution >= 4 is 6.34 Å². The van der Waals surface area contributed by atoms with Crippen molar-refractivity contribution in [1.82, 2.24) is 0 Å². The van der Waals surface area contributed by atoms with Gasteiger partial charge in [0.05, 0.1) is 5.10 Å². The Morgan fingerprint density at radius 1 is 1.71 bits per heavy atom. The lowest BCUT2D eigenvalue weighted by molar-refractivity contribution is -0.484. The fourth-order valence-corrected chi connectivity index (χ4v) is 0.0632. The van der Waals surface area contributed by atoms with Crippen LogP contribution in [0.25, 0.3) is 0 Å². The van der Waals surface area contributed by atoms with E-state index in [1.807, 2.05) is 5.18 Å². The van der Waals surface area contributed by atoms with Crippen molar-refractivity contribution in [3.8, 4) is 0 Å². The fourth-order valence-electron chi connectivity index (χ4n) is 0.0632. The Labute approximate surface area is 38.0 Å². The van der Waals surface area contributed by atoms with Crippen LogP contribution in [-0.2, 0) is 0 Å². The molecule has 0 bridgehead atoms. The van der Waals surface area contributed by atoms with Gasteiger partial charge in [-0.3, -0.25) is 0 Å². The molecule has 0 radical (unpaired) electrons. The normalized spacial score (nSPS) is 9.14. The molecule has 0 saturated carbocycles. The Bertz CT molecular complexity index is 107. The zero-order chi connectivity index (χ0) is 5.70. The van der Waals surface area contributed by atoms with Gasteiger partial charge >= 0.3 is 0 Å². The van der Waals surface area contributed by atoms with Gasteiger partial charge in [-0.15, -0.1) is 4.91 Å². The molecular weight excluding hydrogens is 102 g/mol. The van der Waals surface area contributed by atoms with E-state index in [4.69, 9.17) is 15.0 Å². The summed E-state index contributed by atoms with van der Waals surface area (Å²) in [6.07, 6.45) is 0.319. The van der Waals surface area contributed by atoms with Crippen LogP contribution >= 0.6 is 0 Å². The highest BCUT2D eigenvalue weighted by Gasteiger charge is 1.79. The third-order valence-corrected chi connectivity index (χ3v) is 0.193. The van der Waals surface area contributed by atoms with Gasteiger partial charge < -0.3 is 0 Å². The minimum atomic E-state index is -1.01. The minimum Gasteiger partial charge on any atom is -0.233 e. The van der Waals surface area contributed by atoms with Crippen LogP contribution in [0.3, 0.4) is 0 Å². The van der Waals surface area contributed by atoms with Gasteiger partial charge in [0, 0.05) is 0 Å². The number of hydrogen-bond donors (Lipinski definition) is 0. The molecule has 38 valence electrons. The van der Waals surface area contributed by atoms with Crippen LogP contribution in [0.2, 0.25) is 0 Å². The third-order valence-electron chi connectivity index (χ3n) is 0.193. The summed E-state index contributed by atoms with van der Waals surface area (Å²) in [6, 6.07) is 0. The summed E-state index contributed by atoms with van der Waals surface area (Å²) in [7, 11) is 0. The average molecular weight is 103 g/mol. The van der Waals surface area contributed by atoms with Crippen LogP contribution in [0, 0.1) is 15.0 Å². The SMILES string of the molecule is O=NC=N[N+](=O)[O-]. The molecule has 0 atom stereocenters. The molecule has 0 unspecified atom stereocenters. The molecule has 6 heteroatoms. The molecule has 0 spiro atoms. The first-order valence-corrected chi connectivity index (χ1v) is 1.26. The van der Waals surface area contributed by atoms with Gasteiger partial charge in [-0.25, -0.2) is 10.1 Å². The quantitative estimate of drug-likeness (QED) is 0.162. The summed E-state index contributed by atoms with van der Waals surface area (Å²) in [5.74, 6) is 0. The molecule has 0 aromatic carbocycles. The largest absolute Gasteiger partial charge is 0.233 e. The number of hydrogen-bond acceptors (Lipinski definition) is 3. The van der Waals surface area contributed by atoms with E-state index in [0.29, 0.717) is 6.34 Å². The van der Waals surface area contributed by atoms with Crippen LogP contribution < -0.4 is 0 Å². The number of rotatable bonds is 2. The summed E-state index contributed by atoms with van der Waals surface area (Å²) >= 11 is 0. The molecule has 0 saturated heterocycles. The Kier molecular flexibility index (Phi) is 2.34. The van der Waals surface area contributed by atoms with Crippen molar-refractivity contribution in [2.45, 2.75) is 0 Å². The highest BCUT2D eigenvalue weighted by atomic mass is 16.7. The first kappa shape index (κ1) is 5.67. The lowest BCUT2D eigenvalue weighted by Gasteiger charge is -1.65. The lowest BCUT2D eigenvalue weighted by Crippen LogP contribution is -1.82. The van der Waals surface area contributed by atoms with Gasteiger partial charge in [0.25, 0.3) is 0 Å². The van der Waals surface area contributed by atoms with Crippen LogP contribution in [0.15, 0.2) is 10.3 Å². The first-order chi connectivity index (χ1) is 3.27. The molecule has 0 aliphatic heterocycles. The van der Waals surface area contributed by atoms with E-state index in [-0.39, 0.29) is 0 Å². The Hall–Kier alpha value is -1.33. The van der Waals surface area contributed by atoms with Crippen molar-refractivity contribution in [2.24, 2.45) is 10.3 Å². The standard InChI is InChI=1S/CHN3O3/c5-3-1-2-4(6)7/h1H. The molecule has 0 rings (SSSR count). The monoisotopic (exact) mass is 103 g/mol. The Balaban J connectivity index is 3.46. The van der Waals surface area contributed by atoms with Crippen molar-refractivity contribution in [2.75, 3.05) is 0 Å². The zero-order valence-electron chi connectivity index (χ0n) is 3.14. The predicted molar refractivity (Wildman–Crippen MR) is 21.3 cm³/mol. The zero-order valence-corrected chi connectivity index (χ0v) is 3.14. The van der Waals surface area contributed by atoms with E-state index in [1.165, 1.54) is 0 Å². The molecule has 0 aliphatic carbocycles. The van der Waals surface area contributed by atoms with Crippen LogP contribution in [0.5, 0.6) is 0 Å². The molecule has 0 amide bonds. The molecule has 7 heavy (non-hydrogen) atoms. The maximum absolute atomic E-state index is 9.17. The summed E-state index contributed by atoms with van der Waals surface area (Å²) in [5, 5.41) is 12.5. The van der Waals surface area contributed by atoms with Crippen LogP contribution in [0.4, 0.5) is 0 Å². The summed E-state index contributed by atoms with van der Waals surface area (Å²) < 4.78 is 0. The number of hydrazone groups is 1. The first-order valence-electron chi connectivity index (χ1n) is 1.26. The van der Waals surface area contributed by atoms with Gasteiger partial charge in [-0.2, -0.15) is 0 Å². The molecule has 0 heterocycles. The highest BCUT2D eigenvalue weighted by Crippen LogP contribution is 1.64. The van der Waals surface area contributed by atoms with Gasteiger partial charge in [0.15, 0.2) is 5.03 Å². The van der Waals surface area contributed by atoms with Gasteiger partial charge in [0.1, 0.15) is 0 Å². The second kappa shape index (κ2) is 2.88. The number of nitroso groups, excluding NO2 is 1. The van der Waals surface area contributed by atoms with E-state index in [0.717, 1.165) is 0 Å². The maximum Gasteiger partial charge on any atom is 0.233 e. The van der Waals surface area contributed by atoms with Gasteiger partial charge in [-0.1, -0.05) is 0 Å². The second-order valence-corrected chi connectivity index (χ2v) is 0.574. The average Bonchev–Trinajstić information content (AvgIpc) is 1.61. The third kappa shape index (κ3) is 4.67. The van der Waals surface area contributed by atoms with E-state index < -0.39 is 5.03 Å². The van der Waals surface area contributed by atoms with Gasteiger partial charge in [0.2, 0.25) is 6.34 Å². The maximum atomic E-state index is 9.17. The molecule has 0 N–H and O–H groups in total. The fraction of sp³-hybridized carbons (Fsp3) is 0. The Morgan fingerprint density at radius 2 is 2.29 bits per heavy atom. The molecular formula is CHN3O3. The summed E-state index contributed by atoms with van der Waals surface area (Å²) in [5.41, 5.74) is 0. The van der Waals surface area contributed by atoms with Crippen LogP contribution in [-0.4, -0.2) is 11.4 Å². The lowest BCUT2D eigenvalue weighted by atomic mass is 11.4. The molecule has 6 nitrogen and oxygen atoms in total. The van der Waals surface area contributed by atoms with E-state index >= 15 is 0 Å². The topological polar surface area (TPSA) is 84.9 Å². The predicted octanol–water partition coefficient (Wildman–Crippen LogP) is -0.0272. The molecule has 0 aromatic rings. The molecule has 0 fully saturated rings. The highest BCUT2D eigenvalue weighted by molar-refractivity contribution is 5.53. The molecule has 0 aromatic heterocycles. The van der Waals surface area contributed by atoms with E-state index in [2.05, 4.69) is 5.10 Å². The number of nitrogens with zero attached hydrogens (tertiary/aromatic N) is 3. The Morgan fingerprint density at radius 3 is 2.43 bits per heavy atom. The van der Waals surface area contributed by atoms with Gasteiger partial charge in [-0.05, 0) is 5.18 Å². The summed E-state index contributed by atoms with van der Waals surface area (Å²) in [6.45, 7) is 0. The smallest absolute Gasteiger partial charge is 0.233 e. The van der Waals surface area contributed by atoms with E-state index in [1.54, 1.807) is 0 Å². The van der Waals surface area contributed by atoms with Crippen molar-refractivity contribution < 1.29 is 5.03 Å². The van der Waals surface area contributed by atoms with Crippen LogP contribution in [0.1, 0.15) is 0 Å². The van der Waals surface area contributed by atoms with Crippen molar-refractivity contribution in [3.05, 3.63) is 15.0 Å². The number of nitro groups is 1. The summed E-state index contributed by atoms with van der Waals surface area (Å²) in [4.78, 5) is 18.2. The minimum absolute atomic E-state index is 0.319. The van der Waals surface area contributed by atoms with Crippen molar-refractivity contribution in [1.29, 1.82) is 0 Å². The second-order valence-electron chi connectivity index (χ2n) is 0.574. The van der Waals surface area contributed by atoms with Crippen molar-refractivity contribution in [3.63, 3.8) is 0 Å². The molecule has 0 aliphatic rings.